The predicted molar refractivity (Wildman–Crippen MR) is 90.6 cm³/mol. The number of hydrogen-bond donors (Lipinski definition) is 2. The first-order valence-electron chi connectivity index (χ1n) is 7.77. The highest BCUT2D eigenvalue weighted by Gasteiger charge is 2.27. The van der Waals surface area contributed by atoms with E-state index in [1.54, 1.807) is 18.2 Å². The molecule has 4 rings (SSSR count). The summed E-state index contributed by atoms with van der Waals surface area (Å²) in [5.41, 5.74) is 1.95. The molecule has 0 aliphatic carbocycles. The van der Waals surface area contributed by atoms with Gasteiger partial charge in [0.05, 0.1) is 5.52 Å². The van der Waals surface area contributed by atoms with Crippen LogP contribution in [-0.2, 0) is 4.79 Å². The molecular weight excluding hydrogens is 322 g/mol. The molecule has 7 nitrogen and oxygen atoms in total. The lowest BCUT2D eigenvalue weighted by molar-refractivity contribution is -0.127. The Morgan fingerprint density at radius 3 is 2.88 bits per heavy atom. The maximum Gasteiger partial charge on any atom is 0.308 e. The molecule has 1 aromatic heterocycles. The highest BCUT2D eigenvalue weighted by atomic mass is 16.6. The van der Waals surface area contributed by atoms with Gasteiger partial charge in [0.2, 0.25) is 12.0 Å². The fourth-order valence-corrected chi connectivity index (χ4v) is 2.68. The summed E-state index contributed by atoms with van der Waals surface area (Å²) in [7, 11) is 0. The highest BCUT2D eigenvalue weighted by molar-refractivity contribution is 5.95. The number of aryl methyl sites for hydroxylation is 1. The number of amides is 1. The predicted octanol–water partition coefficient (Wildman–Crippen LogP) is 3.63. The van der Waals surface area contributed by atoms with Gasteiger partial charge in [0.15, 0.2) is 17.2 Å². The Labute approximate surface area is 142 Å². The Morgan fingerprint density at radius 2 is 2.04 bits per heavy atom. The molecule has 3 aromatic rings. The molecule has 0 radical (unpaired) electrons. The van der Waals surface area contributed by atoms with E-state index in [0.29, 0.717) is 16.9 Å². The minimum atomic E-state index is -0.868. The van der Waals surface area contributed by atoms with Crippen LogP contribution in [0.2, 0.25) is 0 Å². The molecule has 0 saturated carbocycles. The third-order valence-corrected chi connectivity index (χ3v) is 3.94. The van der Waals surface area contributed by atoms with Crippen LogP contribution in [0, 0.1) is 6.92 Å². The molecule has 1 amide bonds. The highest BCUT2D eigenvalue weighted by Crippen LogP contribution is 2.36. The maximum atomic E-state index is 12.3. The van der Waals surface area contributed by atoms with E-state index >= 15 is 0 Å². The van der Waals surface area contributed by atoms with Crippen LogP contribution in [0.15, 0.2) is 52.7 Å². The number of fused-ring (bicyclic) bond motifs is 2. The molecule has 0 unspecified atom stereocenters. The van der Waals surface area contributed by atoms with Gasteiger partial charge >= 0.3 is 5.91 Å². The SMILES string of the molecule is Cc1ccc2[nH]c(O)c(N=NC(=O)[C@H]3COc4ccccc4O3)c2c1. The summed E-state index contributed by atoms with van der Waals surface area (Å²) < 4.78 is 11.1. The molecule has 0 bridgehead atoms. The number of H-pyrrole nitrogens is 1. The summed E-state index contributed by atoms with van der Waals surface area (Å²) >= 11 is 0. The summed E-state index contributed by atoms with van der Waals surface area (Å²) in [6, 6.07) is 12.7. The normalized spacial score (nSPS) is 16.4. The largest absolute Gasteiger partial charge is 0.493 e. The molecule has 126 valence electrons. The summed E-state index contributed by atoms with van der Waals surface area (Å²) in [6.07, 6.45) is -0.868. The van der Waals surface area contributed by atoms with Crippen molar-refractivity contribution in [3.63, 3.8) is 0 Å². The van der Waals surface area contributed by atoms with Gasteiger partial charge in [0, 0.05) is 5.39 Å². The minimum absolute atomic E-state index is 0.0633. The van der Waals surface area contributed by atoms with Gasteiger partial charge in [0.1, 0.15) is 6.61 Å². The molecule has 2 aromatic carbocycles. The lowest BCUT2D eigenvalue weighted by atomic mass is 10.2. The van der Waals surface area contributed by atoms with Gasteiger partial charge in [-0.25, -0.2) is 0 Å². The molecule has 7 heteroatoms. The van der Waals surface area contributed by atoms with Crippen molar-refractivity contribution >= 4 is 22.5 Å². The van der Waals surface area contributed by atoms with Gasteiger partial charge in [-0.15, -0.1) is 10.2 Å². The quantitative estimate of drug-likeness (QED) is 0.698. The van der Waals surface area contributed by atoms with Crippen molar-refractivity contribution in [2.24, 2.45) is 10.2 Å². The van der Waals surface area contributed by atoms with E-state index in [4.69, 9.17) is 9.47 Å². The van der Waals surface area contributed by atoms with E-state index in [1.807, 2.05) is 31.2 Å². The summed E-state index contributed by atoms with van der Waals surface area (Å²) in [5.74, 6) is 0.375. The first-order chi connectivity index (χ1) is 12.1. The second kappa shape index (κ2) is 5.94. The number of nitrogens with zero attached hydrogens (tertiary/aromatic N) is 2. The van der Waals surface area contributed by atoms with E-state index in [2.05, 4.69) is 15.2 Å². The fraction of sp³-hybridized carbons (Fsp3) is 0.167. The molecule has 1 aliphatic rings. The number of azo groups is 1. The van der Waals surface area contributed by atoms with Crippen molar-refractivity contribution in [2.75, 3.05) is 6.61 Å². The standard InChI is InChI=1S/C18H15N3O4/c1-10-6-7-12-11(8-10)16(18(23)19-12)20-21-17(22)15-9-24-13-4-2-3-5-14(13)25-15/h2-8,15,19,23H,9H2,1H3/t15-/m1/s1. The Kier molecular flexibility index (Phi) is 3.61. The number of ether oxygens (including phenoxy) is 2. The third-order valence-electron chi connectivity index (χ3n) is 3.94. The number of carbonyl (C=O) groups excluding carboxylic acids is 1. The monoisotopic (exact) mass is 337 g/mol. The number of benzene rings is 2. The zero-order chi connectivity index (χ0) is 17.4. The van der Waals surface area contributed by atoms with Crippen LogP contribution >= 0.6 is 0 Å². The smallest absolute Gasteiger partial charge is 0.308 e. The minimum Gasteiger partial charge on any atom is -0.493 e. The first kappa shape index (κ1) is 15.2. The van der Waals surface area contributed by atoms with E-state index < -0.39 is 12.0 Å². The molecule has 0 spiro atoms. The summed E-state index contributed by atoms with van der Waals surface area (Å²) in [4.78, 5) is 15.1. The van der Waals surface area contributed by atoms with Gasteiger partial charge in [-0.2, -0.15) is 0 Å². The summed E-state index contributed by atoms with van der Waals surface area (Å²) in [6.45, 7) is 1.99. The van der Waals surface area contributed by atoms with E-state index in [-0.39, 0.29) is 18.2 Å². The molecule has 1 aliphatic heterocycles. The van der Waals surface area contributed by atoms with E-state index in [0.717, 1.165) is 11.1 Å². The van der Waals surface area contributed by atoms with Crippen molar-refractivity contribution in [1.82, 2.24) is 4.98 Å². The zero-order valence-electron chi connectivity index (χ0n) is 13.4. The number of nitrogens with one attached hydrogen (secondary N) is 1. The Morgan fingerprint density at radius 1 is 1.24 bits per heavy atom. The van der Waals surface area contributed by atoms with Crippen LogP contribution in [0.5, 0.6) is 17.4 Å². The maximum absolute atomic E-state index is 12.3. The average Bonchev–Trinajstić information content (AvgIpc) is 2.93. The number of hydrogen-bond acceptors (Lipinski definition) is 5. The van der Waals surface area contributed by atoms with Crippen LogP contribution in [0.1, 0.15) is 5.56 Å². The molecular formula is C18H15N3O4. The third kappa shape index (κ3) is 2.80. The van der Waals surface area contributed by atoms with Crippen LogP contribution in [0.4, 0.5) is 5.69 Å². The van der Waals surface area contributed by atoms with Gasteiger partial charge in [0.25, 0.3) is 0 Å². The van der Waals surface area contributed by atoms with Crippen LogP contribution < -0.4 is 9.47 Å². The van der Waals surface area contributed by atoms with Crippen LogP contribution in [0.3, 0.4) is 0 Å². The van der Waals surface area contributed by atoms with Crippen molar-refractivity contribution in [1.29, 1.82) is 0 Å². The number of carbonyl (C=O) groups is 1. The van der Waals surface area contributed by atoms with Crippen molar-refractivity contribution < 1.29 is 19.4 Å². The number of aromatic hydroxyl groups is 1. The Balaban J connectivity index is 1.57. The van der Waals surface area contributed by atoms with E-state index in [9.17, 15) is 9.90 Å². The molecule has 1 atom stereocenters. The van der Waals surface area contributed by atoms with Gasteiger partial charge < -0.3 is 19.6 Å². The van der Waals surface area contributed by atoms with Crippen molar-refractivity contribution in [3.8, 4) is 17.4 Å². The second-order valence-electron chi connectivity index (χ2n) is 5.77. The summed E-state index contributed by atoms with van der Waals surface area (Å²) in [5, 5.41) is 18.3. The fourth-order valence-electron chi connectivity index (χ4n) is 2.68. The molecule has 0 saturated heterocycles. The van der Waals surface area contributed by atoms with Crippen LogP contribution in [-0.4, -0.2) is 28.7 Å². The lowest BCUT2D eigenvalue weighted by Gasteiger charge is -2.23. The Hall–Kier alpha value is -3.35. The average molecular weight is 337 g/mol. The number of para-hydroxylation sites is 2. The van der Waals surface area contributed by atoms with Crippen LogP contribution in [0.25, 0.3) is 10.9 Å². The van der Waals surface area contributed by atoms with Gasteiger partial charge in [-0.1, -0.05) is 23.8 Å². The second-order valence-corrected chi connectivity index (χ2v) is 5.77. The van der Waals surface area contributed by atoms with Gasteiger partial charge in [-0.3, -0.25) is 4.79 Å². The molecule has 2 N–H and O–H groups in total. The molecule has 0 fully saturated rings. The number of rotatable bonds is 2. The first-order valence-corrected chi connectivity index (χ1v) is 7.77. The molecule has 25 heavy (non-hydrogen) atoms. The Bertz CT molecular complexity index is 993. The molecule has 2 heterocycles. The zero-order valence-corrected chi connectivity index (χ0v) is 13.4. The lowest BCUT2D eigenvalue weighted by Crippen LogP contribution is -2.35. The van der Waals surface area contributed by atoms with Crippen molar-refractivity contribution in [3.05, 3.63) is 48.0 Å². The van der Waals surface area contributed by atoms with E-state index in [1.165, 1.54) is 0 Å². The number of aromatic nitrogens is 1. The van der Waals surface area contributed by atoms with Crippen molar-refractivity contribution in [2.45, 2.75) is 13.0 Å². The topological polar surface area (TPSA) is 96.3 Å². The van der Waals surface area contributed by atoms with Gasteiger partial charge in [-0.05, 0) is 31.2 Å². The number of aromatic amines is 1.